The third-order valence-corrected chi connectivity index (χ3v) is 3.37. The fraction of sp³-hybridized carbons (Fsp3) is 0.294. The van der Waals surface area contributed by atoms with Gasteiger partial charge in [-0.3, -0.25) is 4.79 Å². The molecule has 0 unspecified atom stereocenters. The van der Waals surface area contributed by atoms with E-state index in [1.807, 2.05) is 57.3 Å². The lowest BCUT2D eigenvalue weighted by Gasteiger charge is -2.21. The van der Waals surface area contributed by atoms with E-state index in [9.17, 15) is 4.79 Å². The van der Waals surface area contributed by atoms with E-state index in [0.29, 0.717) is 12.1 Å². The molecule has 1 heterocycles. The van der Waals surface area contributed by atoms with Gasteiger partial charge in [-0.2, -0.15) is 0 Å². The largest absolute Gasteiger partial charge is 0.373 e. The number of nitrogens with zero attached hydrogens (tertiary/aromatic N) is 2. The van der Waals surface area contributed by atoms with Crippen molar-refractivity contribution in [1.29, 1.82) is 0 Å². The first-order valence-electron chi connectivity index (χ1n) is 7.25. The van der Waals surface area contributed by atoms with Crippen LogP contribution in [0.3, 0.4) is 0 Å². The lowest BCUT2D eigenvalue weighted by atomic mass is 10.1. The number of nitrogens with one attached hydrogen (secondary N) is 1. The molecular formula is C17H21N3O. The van der Waals surface area contributed by atoms with Gasteiger partial charge in [0.1, 0.15) is 5.82 Å². The summed E-state index contributed by atoms with van der Waals surface area (Å²) in [5.41, 5.74) is 2.48. The minimum Gasteiger partial charge on any atom is -0.373 e. The van der Waals surface area contributed by atoms with Crippen molar-refractivity contribution in [2.24, 2.45) is 0 Å². The van der Waals surface area contributed by atoms with Crippen LogP contribution >= 0.6 is 0 Å². The van der Waals surface area contributed by atoms with E-state index in [2.05, 4.69) is 10.3 Å². The van der Waals surface area contributed by atoms with Crippen molar-refractivity contribution in [3.63, 3.8) is 0 Å². The first-order valence-corrected chi connectivity index (χ1v) is 7.25. The molecule has 21 heavy (non-hydrogen) atoms. The van der Waals surface area contributed by atoms with Crippen LogP contribution in [0.15, 0.2) is 42.5 Å². The molecule has 0 aliphatic rings. The number of hydrogen-bond acceptors (Lipinski definition) is 3. The highest BCUT2D eigenvalue weighted by molar-refractivity contribution is 6.06. The highest BCUT2D eigenvalue weighted by Crippen LogP contribution is 2.19. The van der Waals surface area contributed by atoms with Crippen molar-refractivity contribution >= 4 is 17.4 Å². The van der Waals surface area contributed by atoms with Crippen LogP contribution in [-0.2, 0) is 6.42 Å². The third-order valence-electron chi connectivity index (χ3n) is 3.37. The Bertz CT molecular complexity index is 588. The fourth-order valence-electron chi connectivity index (χ4n) is 2.23. The van der Waals surface area contributed by atoms with Crippen LogP contribution in [0.4, 0.5) is 11.5 Å². The van der Waals surface area contributed by atoms with Gasteiger partial charge in [0.05, 0.1) is 0 Å². The standard InChI is InChI=1S/C17H21N3O/c1-4-14-11-13(12-16(18-3)19-14)17(21)20(5-2)15-9-7-6-8-10-15/h6-12H,4-5H2,1-3H3,(H,18,19). The van der Waals surface area contributed by atoms with E-state index in [4.69, 9.17) is 0 Å². The molecule has 0 atom stereocenters. The minimum absolute atomic E-state index is 0.00250. The Kier molecular flexibility index (Phi) is 4.93. The Labute approximate surface area is 125 Å². The van der Waals surface area contributed by atoms with Crippen molar-refractivity contribution < 1.29 is 4.79 Å². The Hall–Kier alpha value is -2.36. The summed E-state index contributed by atoms with van der Waals surface area (Å²) in [4.78, 5) is 19.0. The number of anilines is 2. The lowest BCUT2D eigenvalue weighted by molar-refractivity contribution is 0.0988. The minimum atomic E-state index is -0.00250. The van der Waals surface area contributed by atoms with Crippen molar-refractivity contribution in [2.75, 3.05) is 23.8 Å². The number of aryl methyl sites for hydroxylation is 1. The van der Waals surface area contributed by atoms with Crippen molar-refractivity contribution in [2.45, 2.75) is 20.3 Å². The molecule has 4 heteroatoms. The number of amides is 1. The van der Waals surface area contributed by atoms with Gasteiger partial charge in [0.2, 0.25) is 0 Å². The van der Waals surface area contributed by atoms with Gasteiger partial charge >= 0.3 is 0 Å². The van der Waals surface area contributed by atoms with Crippen LogP contribution in [0.1, 0.15) is 29.9 Å². The van der Waals surface area contributed by atoms with Crippen molar-refractivity contribution in [3.05, 3.63) is 53.7 Å². The number of rotatable bonds is 5. The maximum absolute atomic E-state index is 12.8. The monoisotopic (exact) mass is 283 g/mol. The molecule has 4 nitrogen and oxygen atoms in total. The van der Waals surface area contributed by atoms with Crippen molar-refractivity contribution in [3.8, 4) is 0 Å². The highest BCUT2D eigenvalue weighted by Gasteiger charge is 2.17. The second kappa shape index (κ2) is 6.88. The molecule has 1 amide bonds. The van der Waals surface area contributed by atoms with E-state index in [0.717, 1.165) is 23.6 Å². The third kappa shape index (κ3) is 3.40. The average molecular weight is 283 g/mol. The molecule has 0 spiro atoms. The second-order valence-electron chi connectivity index (χ2n) is 4.72. The van der Waals surface area contributed by atoms with Crippen molar-refractivity contribution in [1.82, 2.24) is 4.98 Å². The quantitative estimate of drug-likeness (QED) is 0.915. The summed E-state index contributed by atoms with van der Waals surface area (Å²) in [5.74, 6) is 0.721. The smallest absolute Gasteiger partial charge is 0.258 e. The van der Waals surface area contributed by atoms with Crippen LogP contribution in [0.5, 0.6) is 0 Å². The normalized spacial score (nSPS) is 10.2. The van der Waals surface area contributed by atoms with Crippen LogP contribution in [0.2, 0.25) is 0 Å². The predicted octanol–water partition coefficient (Wildman–Crippen LogP) is 3.35. The van der Waals surface area contributed by atoms with Gasteiger partial charge in [0.25, 0.3) is 5.91 Å². The zero-order valence-corrected chi connectivity index (χ0v) is 12.8. The molecule has 0 saturated carbocycles. The number of carbonyl (C=O) groups excluding carboxylic acids is 1. The Morgan fingerprint density at radius 1 is 1.19 bits per heavy atom. The SMILES string of the molecule is CCc1cc(C(=O)N(CC)c2ccccc2)cc(NC)n1. The molecule has 0 aliphatic heterocycles. The highest BCUT2D eigenvalue weighted by atomic mass is 16.2. The summed E-state index contributed by atoms with van der Waals surface area (Å²) in [5, 5.41) is 3.01. The maximum atomic E-state index is 12.8. The number of aromatic nitrogens is 1. The van der Waals surface area contributed by atoms with Gasteiger partial charge in [-0.1, -0.05) is 25.1 Å². The van der Waals surface area contributed by atoms with Gasteiger partial charge in [0, 0.05) is 30.5 Å². The maximum Gasteiger partial charge on any atom is 0.258 e. The summed E-state index contributed by atoms with van der Waals surface area (Å²) in [6.07, 6.45) is 0.799. The van der Waals surface area contributed by atoms with Crippen LogP contribution < -0.4 is 10.2 Å². The molecule has 0 radical (unpaired) electrons. The molecule has 0 aliphatic carbocycles. The summed E-state index contributed by atoms with van der Waals surface area (Å²) in [6.45, 7) is 4.64. The molecule has 2 rings (SSSR count). The molecule has 2 aromatic rings. The molecule has 1 aromatic carbocycles. The predicted molar refractivity (Wildman–Crippen MR) is 87.0 cm³/mol. The second-order valence-corrected chi connectivity index (χ2v) is 4.72. The fourth-order valence-corrected chi connectivity index (χ4v) is 2.23. The molecule has 1 N–H and O–H groups in total. The van der Waals surface area contributed by atoms with Crippen LogP contribution in [-0.4, -0.2) is 24.5 Å². The summed E-state index contributed by atoms with van der Waals surface area (Å²) in [7, 11) is 1.81. The first-order chi connectivity index (χ1) is 10.2. The topological polar surface area (TPSA) is 45.2 Å². The summed E-state index contributed by atoms with van der Waals surface area (Å²) >= 11 is 0. The number of carbonyl (C=O) groups is 1. The van der Waals surface area contributed by atoms with E-state index < -0.39 is 0 Å². The molecule has 0 fully saturated rings. The Morgan fingerprint density at radius 2 is 1.90 bits per heavy atom. The Morgan fingerprint density at radius 3 is 2.48 bits per heavy atom. The van der Waals surface area contributed by atoms with E-state index in [1.165, 1.54) is 0 Å². The van der Waals surface area contributed by atoms with Gasteiger partial charge in [0.15, 0.2) is 0 Å². The molecule has 1 aromatic heterocycles. The van der Waals surface area contributed by atoms with Crippen LogP contribution in [0, 0.1) is 0 Å². The van der Waals surface area contributed by atoms with Gasteiger partial charge in [-0.25, -0.2) is 4.98 Å². The summed E-state index contributed by atoms with van der Waals surface area (Å²) < 4.78 is 0. The van der Waals surface area contributed by atoms with E-state index >= 15 is 0 Å². The van der Waals surface area contributed by atoms with E-state index in [-0.39, 0.29) is 5.91 Å². The molecule has 0 saturated heterocycles. The number of benzene rings is 1. The lowest BCUT2D eigenvalue weighted by Crippen LogP contribution is -2.30. The van der Waals surface area contributed by atoms with Gasteiger partial charge < -0.3 is 10.2 Å². The zero-order chi connectivity index (χ0) is 15.2. The Balaban J connectivity index is 2.38. The number of hydrogen-bond donors (Lipinski definition) is 1. The van der Waals surface area contributed by atoms with Crippen LogP contribution in [0.25, 0.3) is 0 Å². The molecule has 110 valence electrons. The molecular weight excluding hydrogens is 262 g/mol. The van der Waals surface area contributed by atoms with Gasteiger partial charge in [-0.15, -0.1) is 0 Å². The first kappa shape index (κ1) is 15.0. The number of pyridine rings is 1. The van der Waals surface area contributed by atoms with Gasteiger partial charge in [-0.05, 0) is 37.6 Å². The average Bonchev–Trinajstić information content (AvgIpc) is 2.55. The number of para-hydroxylation sites is 1. The van der Waals surface area contributed by atoms with E-state index in [1.54, 1.807) is 11.0 Å². The zero-order valence-electron chi connectivity index (χ0n) is 12.8. The molecule has 0 bridgehead atoms. The summed E-state index contributed by atoms with van der Waals surface area (Å²) in [6, 6.07) is 13.4.